The van der Waals surface area contributed by atoms with E-state index in [4.69, 9.17) is 0 Å². The molecular weight excluding hydrogens is 949 g/mol. The van der Waals surface area contributed by atoms with E-state index >= 15 is 0 Å². The monoisotopic (exact) mass is 1040 g/mol. The zero-order chi connectivity index (χ0) is 54.5. The molecule has 0 unspecified atom stereocenters. The van der Waals surface area contributed by atoms with Crippen molar-refractivity contribution in [1.29, 1.82) is 0 Å². The predicted molar refractivity (Wildman–Crippen MR) is 311 cm³/mol. The first-order valence-electron chi connectivity index (χ1n) is 30.3. The number of benzene rings is 2. The molecule has 8 aliphatic carbocycles. The lowest BCUT2D eigenvalue weighted by Crippen LogP contribution is -2.51. The maximum absolute atomic E-state index is 12.3. The molecule has 0 bridgehead atoms. The third-order valence-electron chi connectivity index (χ3n) is 21.5. The fourth-order valence-corrected chi connectivity index (χ4v) is 17.4. The van der Waals surface area contributed by atoms with E-state index in [2.05, 4.69) is 144 Å². The van der Waals surface area contributed by atoms with Gasteiger partial charge in [0.05, 0.1) is 12.6 Å². The smallest absolute Gasteiger partial charge is 0.156 e. The van der Waals surface area contributed by atoms with Gasteiger partial charge in [-0.15, -0.1) is 0 Å². The minimum atomic E-state index is -0.984. The third kappa shape index (κ3) is 9.77. The number of nitrogens with zero attached hydrogens (tertiary/aromatic N) is 2. The molecule has 77 heavy (non-hydrogen) atoms. The minimum Gasteiger partial charge on any atom is -0.394 e. The maximum Gasteiger partial charge on any atom is 0.156 e. The summed E-state index contributed by atoms with van der Waals surface area (Å²) in [6.45, 7) is 22.1. The van der Waals surface area contributed by atoms with E-state index in [1.165, 1.54) is 57.6 Å². The van der Waals surface area contributed by atoms with E-state index in [0.29, 0.717) is 42.6 Å². The number of hydrogen-bond donors (Lipinski definition) is 3. The van der Waals surface area contributed by atoms with Crippen LogP contribution in [-0.4, -0.2) is 69.9 Å². The van der Waals surface area contributed by atoms with Crippen LogP contribution >= 0.6 is 0 Å². The van der Waals surface area contributed by atoms with Crippen LogP contribution in [0.2, 0.25) is 0 Å². The van der Waals surface area contributed by atoms with E-state index in [0.717, 1.165) is 103 Å². The first-order chi connectivity index (χ1) is 36.5. The van der Waals surface area contributed by atoms with Crippen molar-refractivity contribution in [1.82, 2.24) is 0 Å². The van der Waals surface area contributed by atoms with Crippen LogP contribution in [0.1, 0.15) is 201 Å². The molecule has 2 heterocycles. The number of aliphatic hydroxyl groups is 3. The van der Waals surface area contributed by atoms with Gasteiger partial charge in [0.2, 0.25) is 0 Å². The van der Waals surface area contributed by atoms with Crippen molar-refractivity contribution >= 4 is 22.9 Å². The number of allylic oxidation sites excluding steroid dienone is 8. The second-order valence-electron chi connectivity index (χ2n) is 28.3. The zero-order valence-electron chi connectivity index (χ0n) is 48.3. The highest BCUT2D eigenvalue weighted by Crippen LogP contribution is 2.68. The van der Waals surface area contributed by atoms with Gasteiger partial charge in [-0.1, -0.05) is 72.9 Å². The summed E-state index contributed by atoms with van der Waals surface area (Å²) in [6.07, 6.45) is 21.0. The van der Waals surface area contributed by atoms with Gasteiger partial charge in [-0.2, -0.15) is 0 Å². The molecule has 0 spiro atoms. The summed E-state index contributed by atoms with van der Waals surface area (Å²) in [7, 11) is 0. The highest BCUT2D eigenvalue weighted by Gasteiger charge is 2.64. The van der Waals surface area contributed by atoms with E-state index in [1.54, 1.807) is 11.1 Å². The van der Waals surface area contributed by atoms with E-state index < -0.39 is 11.2 Å². The normalized spacial score (nSPS) is 36.4. The average Bonchev–Trinajstić information content (AvgIpc) is 4.38. The summed E-state index contributed by atoms with van der Waals surface area (Å²) in [5.41, 5.74) is 11.1. The Bertz CT molecular complexity index is 2920. The summed E-state index contributed by atoms with van der Waals surface area (Å²) in [5.74, 6) is 16.5. The molecule has 0 radical (unpaired) electrons. The summed E-state index contributed by atoms with van der Waals surface area (Å²) < 4.78 is 0. The molecule has 6 fully saturated rings. The quantitative estimate of drug-likeness (QED) is 0.257. The third-order valence-corrected chi connectivity index (χ3v) is 21.5. The largest absolute Gasteiger partial charge is 0.394 e. The van der Waals surface area contributed by atoms with Gasteiger partial charge in [0.15, 0.2) is 11.6 Å². The lowest BCUT2D eigenvalue weighted by atomic mass is 9.51. The molecule has 2 aromatic rings. The fourth-order valence-electron chi connectivity index (χ4n) is 17.4. The van der Waals surface area contributed by atoms with Gasteiger partial charge >= 0.3 is 0 Å². The molecule has 12 atom stereocenters. The van der Waals surface area contributed by atoms with Crippen molar-refractivity contribution in [3.05, 3.63) is 105 Å². The van der Waals surface area contributed by atoms with Crippen LogP contribution < -0.4 is 9.80 Å². The summed E-state index contributed by atoms with van der Waals surface area (Å²) in [6, 6.07) is 19.3. The van der Waals surface area contributed by atoms with Crippen LogP contribution in [0.15, 0.2) is 94.1 Å². The van der Waals surface area contributed by atoms with Gasteiger partial charge in [0, 0.05) is 76.8 Å². The first-order valence-corrected chi connectivity index (χ1v) is 30.3. The average molecular weight is 1040 g/mol. The van der Waals surface area contributed by atoms with Crippen LogP contribution in [0, 0.1) is 69.0 Å². The number of aliphatic hydroxyl groups excluding tert-OH is 1. The van der Waals surface area contributed by atoms with Gasteiger partial charge in [-0.3, -0.25) is 9.59 Å². The lowest BCUT2D eigenvalue weighted by molar-refractivity contribution is -0.115. The van der Waals surface area contributed by atoms with Crippen LogP contribution in [0.5, 0.6) is 0 Å². The number of hydrogen-bond acceptors (Lipinski definition) is 7. The molecule has 7 nitrogen and oxygen atoms in total. The Kier molecular flexibility index (Phi) is 14.2. The molecule has 0 aromatic heterocycles. The Balaban J connectivity index is 0.000000164. The second-order valence-corrected chi connectivity index (χ2v) is 28.3. The lowest BCUT2D eigenvalue weighted by Gasteiger charge is -2.53. The Morgan fingerprint density at radius 2 is 1.00 bits per heavy atom. The minimum absolute atomic E-state index is 0.132. The number of carbonyl (C=O) groups is 2. The van der Waals surface area contributed by atoms with Gasteiger partial charge in [-0.05, 0) is 245 Å². The molecule has 2 aromatic carbocycles. The van der Waals surface area contributed by atoms with Crippen LogP contribution in [0.4, 0.5) is 11.4 Å². The molecule has 410 valence electrons. The highest BCUT2D eigenvalue weighted by atomic mass is 16.3. The number of ketones is 2. The van der Waals surface area contributed by atoms with Crippen LogP contribution in [0.25, 0.3) is 0 Å². The number of rotatable bonds is 5. The predicted octanol–water partition coefficient (Wildman–Crippen LogP) is 13.7. The first kappa shape index (κ1) is 54.3. The highest BCUT2D eigenvalue weighted by molar-refractivity contribution is 5.93. The molecule has 2 saturated heterocycles. The molecule has 2 aliphatic heterocycles. The second kappa shape index (κ2) is 20.2. The molecule has 4 saturated carbocycles. The Morgan fingerprint density at radius 3 is 1.42 bits per heavy atom. The number of anilines is 2. The Labute approximate surface area is 462 Å². The van der Waals surface area contributed by atoms with Crippen molar-refractivity contribution in [2.45, 2.75) is 213 Å². The standard InChI is InChI=1S/C35H45NO3.C35H45NO2/c1-33(2,3)17-18-35(39)16-15-31-29-13-9-24-20-27(38)12-14-28(24)32(29)30(21-34(31,35)4)23-7-10-25(11-8-23)36-19-5-6-26(36)22-37;1-23-7-6-20-36(23)26-11-8-24(9-12-26)30-22-34(5)31(16-17-35(34,38)19-18-33(2,3)4)29-14-10-25-21-27(37)13-15-28(25)32(29)30/h7-8,10-11,20,26,29-31,37,39H,5-6,9,12-16,19,21-22H2,1-4H3;8-9,11-12,21,23,29-31,38H,6-7,10,13-17,20,22H2,1-5H3/t26-,29+,30-,31+,34+,35-;23-,29-,30+,31-,34-,35+/m10/s1. The van der Waals surface area contributed by atoms with E-state index in [1.807, 2.05) is 12.2 Å². The van der Waals surface area contributed by atoms with Crippen molar-refractivity contribution in [3.8, 4) is 23.7 Å². The molecule has 3 N–H and O–H groups in total. The molecule has 10 aliphatic rings. The topological polar surface area (TPSA) is 101 Å². The molecule has 12 rings (SSSR count). The fraction of sp³-hybridized carbons (Fsp3) is 0.629. The van der Waals surface area contributed by atoms with Crippen LogP contribution in [0.3, 0.4) is 0 Å². The van der Waals surface area contributed by atoms with Gasteiger partial charge in [0.25, 0.3) is 0 Å². The van der Waals surface area contributed by atoms with E-state index in [-0.39, 0.29) is 57.7 Å². The van der Waals surface area contributed by atoms with Crippen molar-refractivity contribution in [3.63, 3.8) is 0 Å². The zero-order valence-corrected chi connectivity index (χ0v) is 48.3. The van der Waals surface area contributed by atoms with Crippen molar-refractivity contribution in [2.24, 2.45) is 45.3 Å². The summed E-state index contributed by atoms with van der Waals surface area (Å²) >= 11 is 0. The summed E-state index contributed by atoms with van der Waals surface area (Å²) in [5, 5.41) is 34.3. The number of carbonyl (C=O) groups excluding carboxylic acids is 2. The molecule has 0 amide bonds. The van der Waals surface area contributed by atoms with Gasteiger partial charge in [-0.25, -0.2) is 0 Å². The Hall–Kier alpha value is -4.66. The SMILES string of the molecule is CC(C)(C)C#C[C@]1(O)CC[C@H]2[C@@H]3CCC4=CC(=O)CCC4=C3[C@@H](c3ccc(N4CCC[C@@H]4CO)cc3)C[C@@]21C.C[C@H]1CCCN1c1ccc([C@H]2C[C@@]3(C)[C@@H](CC[C@@]3(O)C#CC(C)(C)C)[C@@H]3CCC4=CC(=O)CCC4=C32)cc1. The summed E-state index contributed by atoms with van der Waals surface area (Å²) in [4.78, 5) is 29.6. The molecule has 7 heteroatoms. The van der Waals surface area contributed by atoms with Crippen molar-refractivity contribution in [2.75, 3.05) is 29.5 Å². The van der Waals surface area contributed by atoms with Crippen molar-refractivity contribution < 1.29 is 24.9 Å². The molecular formula is C70H90N2O5. The number of fused-ring (bicyclic) bond motifs is 8. The van der Waals surface area contributed by atoms with Gasteiger partial charge in [0.1, 0.15) is 11.2 Å². The Morgan fingerprint density at radius 1 is 0.571 bits per heavy atom. The van der Waals surface area contributed by atoms with E-state index in [9.17, 15) is 24.9 Å². The van der Waals surface area contributed by atoms with Crippen LogP contribution in [-0.2, 0) is 9.59 Å². The van der Waals surface area contributed by atoms with Gasteiger partial charge < -0.3 is 25.1 Å². The maximum atomic E-state index is 12.3.